The van der Waals surface area contributed by atoms with Gasteiger partial charge in [0.1, 0.15) is 15.9 Å². The highest BCUT2D eigenvalue weighted by Gasteiger charge is 2.36. The maximum Gasteiger partial charge on any atom is 0.245 e. The zero-order chi connectivity index (χ0) is 13.6. The summed E-state index contributed by atoms with van der Waals surface area (Å²) in [4.78, 5) is 0.258. The molecule has 1 aromatic heterocycles. The van der Waals surface area contributed by atoms with E-state index in [9.17, 15) is 8.42 Å². The predicted octanol–water partition coefficient (Wildman–Crippen LogP) is 2.11. The Morgan fingerprint density at radius 3 is 2.79 bits per heavy atom. The first-order chi connectivity index (χ1) is 9.01. The van der Waals surface area contributed by atoms with Crippen LogP contribution in [0.15, 0.2) is 23.1 Å². The summed E-state index contributed by atoms with van der Waals surface area (Å²) >= 11 is 1.04. The lowest BCUT2D eigenvalue weighted by Crippen LogP contribution is -2.36. The number of rotatable bonds is 4. The Balaban J connectivity index is 2.06. The van der Waals surface area contributed by atoms with E-state index >= 15 is 0 Å². The Morgan fingerprint density at radius 1 is 1.37 bits per heavy atom. The van der Waals surface area contributed by atoms with Crippen LogP contribution in [-0.2, 0) is 10.0 Å². The molecule has 1 fully saturated rings. The van der Waals surface area contributed by atoms with Crippen LogP contribution in [0.3, 0.4) is 0 Å². The number of sulfonamides is 1. The van der Waals surface area contributed by atoms with Crippen molar-refractivity contribution in [3.8, 4) is 0 Å². The molecule has 0 aliphatic heterocycles. The molecule has 1 aromatic carbocycles. The first-order valence-corrected chi connectivity index (χ1v) is 8.38. The van der Waals surface area contributed by atoms with Gasteiger partial charge in [0.15, 0.2) is 0 Å². The van der Waals surface area contributed by atoms with Gasteiger partial charge in [0.25, 0.3) is 0 Å². The van der Waals surface area contributed by atoms with Gasteiger partial charge in [-0.2, -0.15) is 13.1 Å². The van der Waals surface area contributed by atoms with Crippen molar-refractivity contribution < 1.29 is 8.42 Å². The standard InChI is InChI=1S/C12H15N3O2S2/c1-8(9-6-7-9)15(2)19(16,17)11-5-3-4-10-12(11)14-18-13-10/h3-5,8-9H,6-7H2,1-2H3. The molecule has 1 unspecified atom stereocenters. The number of fused-ring (bicyclic) bond motifs is 1. The molecule has 5 nitrogen and oxygen atoms in total. The van der Waals surface area contributed by atoms with Gasteiger partial charge < -0.3 is 0 Å². The van der Waals surface area contributed by atoms with E-state index in [1.807, 2.05) is 6.92 Å². The van der Waals surface area contributed by atoms with E-state index in [2.05, 4.69) is 8.75 Å². The first-order valence-electron chi connectivity index (χ1n) is 6.21. The van der Waals surface area contributed by atoms with Crippen molar-refractivity contribution in [2.75, 3.05) is 7.05 Å². The van der Waals surface area contributed by atoms with Crippen LogP contribution in [0.5, 0.6) is 0 Å². The van der Waals surface area contributed by atoms with E-state index < -0.39 is 10.0 Å². The minimum Gasteiger partial charge on any atom is -0.207 e. The summed E-state index contributed by atoms with van der Waals surface area (Å²) < 4.78 is 35.0. The monoisotopic (exact) mass is 297 g/mol. The molecular weight excluding hydrogens is 282 g/mol. The molecule has 0 amide bonds. The average molecular weight is 297 g/mol. The molecule has 7 heteroatoms. The summed E-state index contributed by atoms with van der Waals surface area (Å²) in [5, 5.41) is 0. The van der Waals surface area contributed by atoms with Gasteiger partial charge in [-0.05, 0) is 37.8 Å². The molecule has 1 aliphatic rings. The van der Waals surface area contributed by atoms with Crippen LogP contribution in [0.25, 0.3) is 11.0 Å². The van der Waals surface area contributed by atoms with Gasteiger partial charge in [-0.3, -0.25) is 0 Å². The number of nitrogens with zero attached hydrogens (tertiary/aromatic N) is 3. The van der Waals surface area contributed by atoms with E-state index in [0.717, 1.165) is 24.6 Å². The van der Waals surface area contributed by atoms with Crippen molar-refractivity contribution in [3.05, 3.63) is 18.2 Å². The zero-order valence-corrected chi connectivity index (χ0v) is 12.4. The highest BCUT2D eigenvalue weighted by Crippen LogP contribution is 2.37. The Morgan fingerprint density at radius 2 is 2.11 bits per heavy atom. The Kier molecular flexibility index (Phi) is 3.07. The van der Waals surface area contributed by atoms with Crippen molar-refractivity contribution >= 4 is 32.8 Å². The largest absolute Gasteiger partial charge is 0.245 e. The van der Waals surface area contributed by atoms with Crippen LogP contribution < -0.4 is 0 Å². The molecular formula is C12H15N3O2S2. The van der Waals surface area contributed by atoms with Gasteiger partial charge in [-0.25, -0.2) is 8.42 Å². The molecule has 3 rings (SSSR count). The van der Waals surface area contributed by atoms with Crippen LogP contribution >= 0.6 is 11.7 Å². The number of benzene rings is 1. The lowest BCUT2D eigenvalue weighted by molar-refractivity contribution is 0.357. The van der Waals surface area contributed by atoms with Crippen LogP contribution in [0.4, 0.5) is 0 Å². The smallest absolute Gasteiger partial charge is 0.207 e. The molecule has 0 spiro atoms. The maximum absolute atomic E-state index is 12.7. The van der Waals surface area contributed by atoms with Gasteiger partial charge >= 0.3 is 0 Å². The quantitative estimate of drug-likeness (QED) is 0.867. The minimum atomic E-state index is -3.50. The molecule has 1 atom stereocenters. The SMILES string of the molecule is CC(C1CC1)N(C)S(=O)(=O)c1cccc2nsnc12. The number of hydrogen-bond acceptors (Lipinski definition) is 5. The fourth-order valence-corrected chi connectivity index (χ4v) is 4.41. The van der Waals surface area contributed by atoms with Crippen LogP contribution in [-0.4, -0.2) is 34.6 Å². The summed E-state index contributed by atoms with van der Waals surface area (Å²) in [5.74, 6) is 0.493. The molecule has 102 valence electrons. The zero-order valence-electron chi connectivity index (χ0n) is 10.8. The van der Waals surface area contributed by atoms with E-state index in [-0.39, 0.29) is 10.9 Å². The van der Waals surface area contributed by atoms with Crippen molar-refractivity contribution in [1.29, 1.82) is 0 Å². The lowest BCUT2D eigenvalue weighted by Gasteiger charge is -2.24. The summed E-state index contributed by atoms with van der Waals surface area (Å²) in [7, 11) is -1.85. The minimum absolute atomic E-state index is 0.0341. The van der Waals surface area contributed by atoms with Gasteiger partial charge in [-0.15, -0.1) is 0 Å². The Bertz CT molecular complexity index is 707. The Labute approximate surface area is 116 Å². The molecule has 1 aliphatic carbocycles. The van der Waals surface area contributed by atoms with Crippen molar-refractivity contribution in [3.63, 3.8) is 0 Å². The summed E-state index contributed by atoms with van der Waals surface area (Å²) in [6.45, 7) is 1.97. The van der Waals surface area contributed by atoms with Crippen molar-refractivity contribution in [2.45, 2.75) is 30.7 Å². The second-order valence-electron chi connectivity index (χ2n) is 4.99. The predicted molar refractivity (Wildman–Crippen MR) is 74.5 cm³/mol. The van der Waals surface area contributed by atoms with E-state index in [4.69, 9.17) is 0 Å². The normalized spacial score (nSPS) is 18.1. The third-order valence-electron chi connectivity index (χ3n) is 3.78. The number of aromatic nitrogens is 2. The molecule has 1 heterocycles. The van der Waals surface area contributed by atoms with Crippen LogP contribution in [0.1, 0.15) is 19.8 Å². The summed E-state index contributed by atoms with van der Waals surface area (Å²) in [6, 6.07) is 5.13. The van der Waals surface area contributed by atoms with Crippen molar-refractivity contribution in [2.24, 2.45) is 5.92 Å². The fourth-order valence-electron chi connectivity index (χ4n) is 2.24. The molecule has 0 bridgehead atoms. The fraction of sp³-hybridized carbons (Fsp3) is 0.500. The Hall–Kier alpha value is -1.05. The molecule has 1 saturated carbocycles. The van der Waals surface area contributed by atoms with Crippen molar-refractivity contribution in [1.82, 2.24) is 13.1 Å². The molecule has 0 saturated heterocycles. The van der Waals surface area contributed by atoms with E-state index in [0.29, 0.717) is 17.0 Å². The first kappa shape index (κ1) is 13.0. The topological polar surface area (TPSA) is 63.2 Å². The highest BCUT2D eigenvalue weighted by molar-refractivity contribution is 7.89. The summed E-state index contributed by atoms with van der Waals surface area (Å²) in [5.41, 5.74) is 1.11. The molecule has 2 aromatic rings. The van der Waals surface area contributed by atoms with Crippen LogP contribution in [0, 0.1) is 5.92 Å². The third-order valence-corrected chi connectivity index (χ3v) is 6.30. The van der Waals surface area contributed by atoms with E-state index in [1.165, 1.54) is 4.31 Å². The van der Waals surface area contributed by atoms with Gasteiger partial charge in [0.05, 0.1) is 11.7 Å². The van der Waals surface area contributed by atoms with Gasteiger partial charge in [-0.1, -0.05) is 6.07 Å². The average Bonchev–Trinajstić information content (AvgIpc) is 3.13. The van der Waals surface area contributed by atoms with Crippen LogP contribution in [0.2, 0.25) is 0 Å². The second kappa shape index (κ2) is 4.50. The maximum atomic E-state index is 12.7. The molecule has 0 radical (unpaired) electrons. The lowest BCUT2D eigenvalue weighted by atomic mass is 10.2. The van der Waals surface area contributed by atoms with Gasteiger partial charge in [0.2, 0.25) is 10.0 Å². The molecule has 19 heavy (non-hydrogen) atoms. The number of hydrogen-bond donors (Lipinski definition) is 0. The van der Waals surface area contributed by atoms with E-state index in [1.54, 1.807) is 25.2 Å². The second-order valence-corrected chi connectivity index (χ2v) is 7.48. The third kappa shape index (κ3) is 2.15. The molecule has 0 N–H and O–H groups in total. The van der Waals surface area contributed by atoms with Gasteiger partial charge in [0, 0.05) is 13.1 Å². The summed E-state index contributed by atoms with van der Waals surface area (Å²) in [6.07, 6.45) is 2.23. The highest BCUT2D eigenvalue weighted by atomic mass is 32.2.